The Morgan fingerprint density at radius 2 is 2.08 bits per heavy atom. The van der Waals surface area contributed by atoms with Crippen molar-refractivity contribution in [1.29, 1.82) is 0 Å². The Labute approximate surface area is 79.5 Å². The lowest BCUT2D eigenvalue weighted by atomic mass is 9.91. The van der Waals surface area contributed by atoms with Crippen molar-refractivity contribution in [1.82, 2.24) is 0 Å². The van der Waals surface area contributed by atoms with Gasteiger partial charge in [0.2, 0.25) is 0 Å². The van der Waals surface area contributed by atoms with E-state index < -0.39 is 0 Å². The lowest BCUT2D eigenvalue weighted by Gasteiger charge is -2.20. The topological polar surface area (TPSA) is 12.4 Å². The third kappa shape index (κ3) is 1.51. The normalized spacial score (nSPS) is 20.8. The van der Waals surface area contributed by atoms with Crippen LogP contribution in [0.5, 0.6) is 0 Å². The Morgan fingerprint density at radius 1 is 1.31 bits per heavy atom. The van der Waals surface area contributed by atoms with Gasteiger partial charge in [0.15, 0.2) is 0 Å². The summed E-state index contributed by atoms with van der Waals surface area (Å²) in [4.78, 5) is 4.57. The molecule has 0 bridgehead atoms. The smallest absolute Gasteiger partial charge is 0.0666 e. The zero-order valence-electron chi connectivity index (χ0n) is 8.46. The van der Waals surface area contributed by atoms with E-state index in [1.165, 1.54) is 22.5 Å². The molecule has 0 aliphatic carbocycles. The molecular weight excluding hydrogens is 158 g/mol. The predicted molar refractivity (Wildman–Crippen MR) is 57.0 cm³/mol. The Kier molecular flexibility index (Phi) is 1.95. The molecular formula is C12H15N. The maximum atomic E-state index is 4.57. The zero-order chi connectivity index (χ0) is 9.42. The lowest BCUT2D eigenvalue weighted by molar-refractivity contribution is 0.788. The first-order valence-electron chi connectivity index (χ1n) is 4.81. The Morgan fingerprint density at radius 3 is 2.85 bits per heavy atom. The molecule has 0 fully saturated rings. The summed E-state index contributed by atoms with van der Waals surface area (Å²) in [6.07, 6.45) is 1.11. The van der Waals surface area contributed by atoms with Crippen molar-refractivity contribution in [3.63, 3.8) is 0 Å². The van der Waals surface area contributed by atoms with Gasteiger partial charge in [-0.3, -0.25) is 4.99 Å². The van der Waals surface area contributed by atoms with Gasteiger partial charge in [0.05, 0.1) is 5.69 Å². The third-order valence-electron chi connectivity index (χ3n) is 2.63. The standard InChI is InChI=1S/C12H15N/c1-8-4-5-11-9(2)7-10(3)13-12(11)6-8/h4-6,9H,7H2,1-3H3. The number of hydrogen-bond acceptors (Lipinski definition) is 1. The van der Waals surface area contributed by atoms with Crippen molar-refractivity contribution in [3.8, 4) is 0 Å². The average Bonchev–Trinajstić information content (AvgIpc) is 2.02. The fraction of sp³-hybridized carbons (Fsp3) is 0.417. The van der Waals surface area contributed by atoms with Crippen LogP contribution in [0.15, 0.2) is 23.2 Å². The van der Waals surface area contributed by atoms with Crippen LogP contribution >= 0.6 is 0 Å². The van der Waals surface area contributed by atoms with Crippen molar-refractivity contribution in [2.45, 2.75) is 33.1 Å². The second kappa shape index (κ2) is 2.99. The van der Waals surface area contributed by atoms with Crippen LogP contribution in [0.2, 0.25) is 0 Å². The van der Waals surface area contributed by atoms with Crippen LogP contribution in [0.3, 0.4) is 0 Å². The Hall–Kier alpha value is -1.11. The molecule has 1 heterocycles. The van der Waals surface area contributed by atoms with Crippen molar-refractivity contribution >= 4 is 11.4 Å². The van der Waals surface area contributed by atoms with Gasteiger partial charge >= 0.3 is 0 Å². The quantitative estimate of drug-likeness (QED) is 0.568. The number of rotatable bonds is 0. The summed E-state index contributed by atoms with van der Waals surface area (Å²) in [5.41, 5.74) is 5.13. The largest absolute Gasteiger partial charge is 0.258 e. The fourth-order valence-corrected chi connectivity index (χ4v) is 1.97. The number of nitrogens with zero attached hydrogens (tertiary/aromatic N) is 1. The summed E-state index contributed by atoms with van der Waals surface area (Å²) in [5, 5.41) is 0. The van der Waals surface area contributed by atoms with Crippen molar-refractivity contribution in [2.24, 2.45) is 4.99 Å². The van der Waals surface area contributed by atoms with Crippen LogP contribution in [-0.4, -0.2) is 5.71 Å². The maximum absolute atomic E-state index is 4.57. The first-order chi connectivity index (χ1) is 6.16. The van der Waals surface area contributed by atoms with Crippen LogP contribution in [-0.2, 0) is 0 Å². The predicted octanol–water partition coefficient (Wildman–Crippen LogP) is 3.59. The highest BCUT2D eigenvalue weighted by atomic mass is 14.8. The molecule has 0 saturated carbocycles. The number of hydrogen-bond donors (Lipinski definition) is 0. The first kappa shape index (κ1) is 8.49. The molecule has 0 N–H and O–H groups in total. The molecule has 1 aromatic carbocycles. The van der Waals surface area contributed by atoms with E-state index in [2.05, 4.69) is 44.0 Å². The molecule has 2 rings (SSSR count). The van der Waals surface area contributed by atoms with E-state index in [9.17, 15) is 0 Å². The van der Waals surface area contributed by atoms with Crippen molar-refractivity contribution < 1.29 is 0 Å². The summed E-state index contributed by atoms with van der Waals surface area (Å²) in [6.45, 7) is 6.50. The molecule has 1 nitrogen and oxygen atoms in total. The average molecular weight is 173 g/mol. The first-order valence-corrected chi connectivity index (χ1v) is 4.81. The van der Waals surface area contributed by atoms with Crippen LogP contribution in [0.4, 0.5) is 5.69 Å². The number of aliphatic imine (C=N–C) groups is 1. The van der Waals surface area contributed by atoms with Crippen molar-refractivity contribution in [2.75, 3.05) is 0 Å². The van der Waals surface area contributed by atoms with E-state index in [0.29, 0.717) is 5.92 Å². The molecule has 0 saturated heterocycles. The molecule has 0 amide bonds. The third-order valence-corrected chi connectivity index (χ3v) is 2.63. The van der Waals surface area contributed by atoms with Gasteiger partial charge in [-0.15, -0.1) is 0 Å². The summed E-state index contributed by atoms with van der Waals surface area (Å²) in [7, 11) is 0. The van der Waals surface area contributed by atoms with Crippen LogP contribution in [0.25, 0.3) is 0 Å². The minimum Gasteiger partial charge on any atom is -0.258 e. The molecule has 1 aromatic rings. The number of fused-ring (bicyclic) bond motifs is 1. The summed E-state index contributed by atoms with van der Waals surface area (Å²) < 4.78 is 0. The molecule has 13 heavy (non-hydrogen) atoms. The number of aryl methyl sites for hydroxylation is 1. The molecule has 0 radical (unpaired) electrons. The second-order valence-electron chi connectivity index (χ2n) is 4.01. The molecule has 1 aliphatic heterocycles. The van der Waals surface area contributed by atoms with E-state index in [0.717, 1.165) is 6.42 Å². The monoisotopic (exact) mass is 173 g/mol. The van der Waals surface area contributed by atoms with Gasteiger partial charge in [0.25, 0.3) is 0 Å². The second-order valence-corrected chi connectivity index (χ2v) is 4.01. The highest BCUT2D eigenvalue weighted by molar-refractivity contribution is 5.87. The van der Waals surface area contributed by atoms with Gasteiger partial charge in [-0.2, -0.15) is 0 Å². The van der Waals surface area contributed by atoms with Crippen molar-refractivity contribution in [3.05, 3.63) is 29.3 Å². The molecule has 1 heteroatoms. The van der Waals surface area contributed by atoms with Gasteiger partial charge in [-0.1, -0.05) is 19.1 Å². The SMILES string of the molecule is CC1=Nc2cc(C)ccc2C(C)C1. The molecule has 0 spiro atoms. The fourth-order valence-electron chi connectivity index (χ4n) is 1.97. The maximum Gasteiger partial charge on any atom is 0.0666 e. The van der Waals surface area contributed by atoms with Gasteiger partial charge in [-0.25, -0.2) is 0 Å². The van der Waals surface area contributed by atoms with E-state index in [4.69, 9.17) is 0 Å². The summed E-state index contributed by atoms with van der Waals surface area (Å²) >= 11 is 0. The van der Waals surface area contributed by atoms with Crippen LogP contribution in [0.1, 0.15) is 37.3 Å². The highest BCUT2D eigenvalue weighted by Gasteiger charge is 2.16. The van der Waals surface area contributed by atoms with Gasteiger partial charge < -0.3 is 0 Å². The summed E-state index contributed by atoms with van der Waals surface area (Å²) in [5.74, 6) is 0.632. The highest BCUT2D eigenvalue weighted by Crippen LogP contribution is 2.34. The van der Waals surface area contributed by atoms with Gasteiger partial charge in [-0.05, 0) is 43.4 Å². The Balaban J connectivity index is 2.56. The molecule has 1 atom stereocenters. The minimum absolute atomic E-state index is 0.632. The molecule has 1 unspecified atom stereocenters. The van der Waals surface area contributed by atoms with Crippen LogP contribution in [0, 0.1) is 6.92 Å². The number of benzene rings is 1. The minimum atomic E-state index is 0.632. The lowest BCUT2D eigenvalue weighted by Crippen LogP contribution is -2.06. The van der Waals surface area contributed by atoms with E-state index in [1.54, 1.807) is 0 Å². The summed E-state index contributed by atoms with van der Waals surface area (Å²) in [6, 6.07) is 6.56. The van der Waals surface area contributed by atoms with Crippen LogP contribution < -0.4 is 0 Å². The van der Waals surface area contributed by atoms with E-state index in [1.807, 2.05) is 0 Å². The van der Waals surface area contributed by atoms with Gasteiger partial charge in [0.1, 0.15) is 0 Å². The molecule has 68 valence electrons. The van der Waals surface area contributed by atoms with E-state index >= 15 is 0 Å². The Bertz CT molecular complexity index is 363. The molecule has 1 aliphatic rings. The van der Waals surface area contributed by atoms with E-state index in [-0.39, 0.29) is 0 Å². The molecule has 0 aromatic heterocycles. The zero-order valence-corrected chi connectivity index (χ0v) is 8.46. The van der Waals surface area contributed by atoms with Gasteiger partial charge in [0, 0.05) is 5.71 Å².